The number of fused-ring (bicyclic) bond motifs is 2. The number of nitrogens with zero attached hydrogens (tertiary/aromatic N) is 1. The number of aliphatic hydroxyl groups is 1. The zero-order valence-corrected chi connectivity index (χ0v) is 14.0. The van der Waals surface area contributed by atoms with Crippen LogP contribution in [0.3, 0.4) is 0 Å². The van der Waals surface area contributed by atoms with Crippen LogP contribution < -0.4 is 5.43 Å². The molecule has 1 aliphatic heterocycles. The highest BCUT2D eigenvalue weighted by Gasteiger charge is 2.42. The minimum atomic E-state index is -0.716. The van der Waals surface area contributed by atoms with Crippen LogP contribution in [0, 0.1) is 12.7 Å². The van der Waals surface area contributed by atoms with Crippen LogP contribution in [0.25, 0.3) is 11.0 Å². The summed E-state index contributed by atoms with van der Waals surface area (Å²) in [5.74, 6) is -0.884. The van der Waals surface area contributed by atoms with E-state index in [1.807, 2.05) is 6.92 Å². The number of rotatable bonds is 3. The molecule has 5 nitrogen and oxygen atoms in total. The summed E-state index contributed by atoms with van der Waals surface area (Å²) in [5.41, 5.74) is 1.78. The molecular formula is C20H16FNO4. The topological polar surface area (TPSA) is 70.8 Å². The van der Waals surface area contributed by atoms with Gasteiger partial charge in [0.25, 0.3) is 5.91 Å². The van der Waals surface area contributed by atoms with E-state index >= 15 is 0 Å². The summed E-state index contributed by atoms with van der Waals surface area (Å²) in [6.45, 7) is 1.65. The van der Waals surface area contributed by atoms with Crippen molar-refractivity contribution in [3.63, 3.8) is 0 Å². The zero-order chi connectivity index (χ0) is 18.4. The first-order chi connectivity index (χ1) is 12.5. The Hall–Kier alpha value is -2.99. The number of halogens is 1. The first kappa shape index (κ1) is 16.5. The number of carbonyl (C=O) groups excluding carboxylic acids is 1. The van der Waals surface area contributed by atoms with Gasteiger partial charge in [-0.05, 0) is 36.8 Å². The maximum atomic E-state index is 13.3. The van der Waals surface area contributed by atoms with Gasteiger partial charge in [-0.15, -0.1) is 0 Å². The van der Waals surface area contributed by atoms with Crippen LogP contribution >= 0.6 is 0 Å². The van der Waals surface area contributed by atoms with Crippen molar-refractivity contribution in [2.45, 2.75) is 13.0 Å². The summed E-state index contributed by atoms with van der Waals surface area (Å²) in [5, 5.41) is 9.76. The Balaban J connectivity index is 2.01. The lowest BCUT2D eigenvalue weighted by Crippen LogP contribution is -2.32. The fraction of sp³-hybridized carbons (Fsp3) is 0.200. The van der Waals surface area contributed by atoms with Gasteiger partial charge in [-0.1, -0.05) is 23.8 Å². The summed E-state index contributed by atoms with van der Waals surface area (Å²) in [6, 6.07) is 10.1. The Kier molecular flexibility index (Phi) is 3.85. The van der Waals surface area contributed by atoms with Crippen molar-refractivity contribution in [3.05, 3.63) is 81.0 Å². The number of hydrogen-bond donors (Lipinski definition) is 1. The lowest BCUT2D eigenvalue weighted by molar-refractivity contribution is 0.0691. The molecule has 4 rings (SSSR count). The van der Waals surface area contributed by atoms with Gasteiger partial charge in [0, 0.05) is 6.54 Å². The number of aryl methyl sites for hydroxylation is 1. The number of amides is 1. The van der Waals surface area contributed by atoms with E-state index in [0.29, 0.717) is 16.5 Å². The average Bonchev–Trinajstić information content (AvgIpc) is 2.90. The van der Waals surface area contributed by atoms with E-state index < -0.39 is 17.8 Å². The number of hydrogen-bond acceptors (Lipinski definition) is 4. The molecule has 0 fully saturated rings. The van der Waals surface area contributed by atoms with Gasteiger partial charge in [0.1, 0.15) is 11.4 Å². The molecule has 0 aliphatic carbocycles. The standard InChI is InChI=1S/C20H16FNO4/c1-11-2-7-15-14(10-11)18(24)16-17(12-3-5-13(21)6-4-12)22(8-9-23)20(25)19(16)26-15/h2-7,10,17,23H,8-9H2,1H3/t17-/m1/s1. The molecule has 0 radical (unpaired) electrons. The van der Waals surface area contributed by atoms with E-state index in [9.17, 15) is 19.1 Å². The second-order valence-corrected chi connectivity index (χ2v) is 6.35. The Morgan fingerprint density at radius 2 is 1.88 bits per heavy atom. The third kappa shape index (κ3) is 2.42. The lowest BCUT2D eigenvalue weighted by atomic mass is 9.98. The molecule has 3 aromatic rings. The van der Waals surface area contributed by atoms with Crippen molar-refractivity contribution in [1.82, 2.24) is 4.90 Å². The molecule has 6 heteroatoms. The Morgan fingerprint density at radius 1 is 1.15 bits per heavy atom. The Bertz CT molecular complexity index is 1070. The molecule has 2 aromatic carbocycles. The molecule has 0 bridgehead atoms. The maximum absolute atomic E-state index is 13.3. The monoisotopic (exact) mass is 353 g/mol. The molecule has 1 aromatic heterocycles. The maximum Gasteiger partial charge on any atom is 0.290 e. The number of benzene rings is 2. The van der Waals surface area contributed by atoms with Gasteiger partial charge in [-0.25, -0.2) is 4.39 Å². The van der Waals surface area contributed by atoms with E-state index in [-0.39, 0.29) is 29.9 Å². The van der Waals surface area contributed by atoms with Crippen molar-refractivity contribution in [2.75, 3.05) is 13.2 Å². The molecule has 1 aliphatic rings. The molecule has 0 saturated carbocycles. The lowest BCUT2D eigenvalue weighted by Gasteiger charge is -2.24. The summed E-state index contributed by atoms with van der Waals surface area (Å²) in [6.07, 6.45) is 0. The molecule has 0 unspecified atom stereocenters. The van der Waals surface area contributed by atoms with Gasteiger partial charge in [-0.2, -0.15) is 0 Å². The van der Waals surface area contributed by atoms with Crippen LogP contribution in [0.2, 0.25) is 0 Å². The SMILES string of the molecule is Cc1ccc2oc3c(c(=O)c2c1)[C@@H](c1ccc(F)cc1)N(CCO)C3=O. The van der Waals surface area contributed by atoms with Gasteiger partial charge < -0.3 is 14.4 Å². The third-order valence-electron chi connectivity index (χ3n) is 4.65. The van der Waals surface area contributed by atoms with Crippen molar-refractivity contribution in [3.8, 4) is 0 Å². The van der Waals surface area contributed by atoms with Crippen LogP contribution in [0.5, 0.6) is 0 Å². The Morgan fingerprint density at radius 3 is 2.58 bits per heavy atom. The minimum absolute atomic E-state index is 0.0193. The van der Waals surface area contributed by atoms with Gasteiger partial charge in [0.05, 0.1) is 23.6 Å². The van der Waals surface area contributed by atoms with Crippen LogP contribution in [0.1, 0.15) is 33.3 Å². The smallest absolute Gasteiger partial charge is 0.290 e. The van der Waals surface area contributed by atoms with Crippen molar-refractivity contribution in [1.29, 1.82) is 0 Å². The van der Waals surface area contributed by atoms with Gasteiger partial charge in [-0.3, -0.25) is 9.59 Å². The molecular weight excluding hydrogens is 337 g/mol. The molecule has 26 heavy (non-hydrogen) atoms. The summed E-state index contributed by atoms with van der Waals surface area (Å²) in [4.78, 5) is 27.3. The highest BCUT2D eigenvalue weighted by Crippen LogP contribution is 2.37. The van der Waals surface area contributed by atoms with Crippen LogP contribution in [0.15, 0.2) is 51.7 Å². The van der Waals surface area contributed by atoms with E-state index in [1.54, 1.807) is 18.2 Å². The molecule has 1 N–H and O–H groups in total. The predicted octanol–water partition coefficient (Wildman–Crippen LogP) is 2.78. The average molecular weight is 353 g/mol. The molecule has 2 heterocycles. The summed E-state index contributed by atoms with van der Waals surface area (Å²) < 4.78 is 19.1. The highest BCUT2D eigenvalue weighted by atomic mass is 19.1. The van der Waals surface area contributed by atoms with Crippen LogP contribution in [0.4, 0.5) is 4.39 Å². The third-order valence-corrected chi connectivity index (χ3v) is 4.65. The number of carbonyl (C=O) groups is 1. The minimum Gasteiger partial charge on any atom is -0.450 e. The molecule has 0 spiro atoms. The van der Waals surface area contributed by atoms with Crippen molar-refractivity contribution >= 4 is 16.9 Å². The first-order valence-electron chi connectivity index (χ1n) is 8.26. The second kappa shape index (κ2) is 6.07. The van der Waals surface area contributed by atoms with Gasteiger partial charge in [0.2, 0.25) is 5.76 Å². The van der Waals surface area contributed by atoms with Crippen LogP contribution in [-0.4, -0.2) is 29.1 Å². The van der Waals surface area contributed by atoms with E-state index in [0.717, 1.165) is 5.56 Å². The fourth-order valence-electron chi connectivity index (χ4n) is 3.46. The van der Waals surface area contributed by atoms with Crippen LogP contribution in [-0.2, 0) is 0 Å². The largest absolute Gasteiger partial charge is 0.450 e. The molecule has 1 atom stereocenters. The molecule has 132 valence electrons. The number of β-amino-alcohol motifs (C(OH)–C–C–N with tert-alkyl or cyclic N) is 1. The normalized spacial score (nSPS) is 16.3. The van der Waals surface area contributed by atoms with E-state index in [2.05, 4.69) is 0 Å². The van der Waals surface area contributed by atoms with Gasteiger partial charge in [0.15, 0.2) is 5.43 Å². The Labute approximate surface area is 148 Å². The van der Waals surface area contributed by atoms with Gasteiger partial charge >= 0.3 is 0 Å². The van der Waals surface area contributed by atoms with Crippen molar-refractivity contribution < 1.29 is 18.7 Å². The molecule has 1 amide bonds. The first-order valence-corrected chi connectivity index (χ1v) is 8.26. The predicted molar refractivity (Wildman–Crippen MR) is 93.6 cm³/mol. The quantitative estimate of drug-likeness (QED) is 0.786. The second-order valence-electron chi connectivity index (χ2n) is 6.35. The fourth-order valence-corrected chi connectivity index (χ4v) is 3.46. The highest BCUT2D eigenvalue weighted by molar-refractivity contribution is 5.99. The van der Waals surface area contributed by atoms with E-state index in [1.165, 1.54) is 29.2 Å². The molecule has 0 saturated heterocycles. The summed E-state index contributed by atoms with van der Waals surface area (Å²) in [7, 11) is 0. The summed E-state index contributed by atoms with van der Waals surface area (Å²) >= 11 is 0. The van der Waals surface area contributed by atoms with E-state index in [4.69, 9.17) is 4.42 Å². The van der Waals surface area contributed by atoms with Crippen molar-refractivity contribution in [2.24, 2.45) is 0 Å². The zero-order valence-electron chi connectivity index (χ0n) is 14.0. The number of aliphatic hydroxyl groups excluding tert-OH is 1.